The molecule has 6 nitrogen and oxygen atoms in total. The van der Waals surface area contributed by atoms with Crippen LogP contribution in [0.25, 0.3) is 16.8 Å². The smallest absolute Gasteiger partial charge is 0.276 e. The third kappa shape index (κ3) is 4.04. The molecule has 3 aromatic rings. The van der Waals surface area contributed by atoms with Crippen molar-refractivity contribution in [3.8, 4) is 16.8 Å². The van der Waals surface area contributed by atoms with E-state index in [1.807, 2.05) is 42.2 Å². The number of benzene rings is 2. The number of nitrogens with two attached hydrogens (primary N) is 1. The van der Waals surface area contributed by atoms with Crippen molar-refractivity contribution in [2.24, 2.45) is 11.7 Å². The summed E-state index contributed by atoms with van der Waals surface area (Å²) in [6.45, 7) is 5.25. The van der Waals surface area contributed by atoms with Gasteiger partial charge in [-0.2, -0.15) is 0 Å². The zero-order valence-corrected chi connectivity index (χ0v) is 17.5. The van der Waals surface area contributed by atoms with Crippen LogP contribution in [0.1, 0.15) is 29.5 Å². The molecule has 7 heteroatoms. The van der Waals surface area contributed by atoms with Crippen LogP contribution in [0, 0.1) is 12.8 Å². The van der Waals surface area contributed by atoms with Crippen LogP contribution in [0.5, 0.6) is 0 Å². The van der Waals surface area contributed by atoms with Crippen molar-refractivity contribution in [3.05, 3.63) is 66.0 Å². The molecule has 1 saturated heterocycles. The van der Waals surface area contributed by atoms with Crippen molar-refractivity contribution in [3.63, 3.8) is 0 Å². The molecule has 1 amide bonds. The maximum absolute atomic E-state index is 13.0. The van der Waals surface area contributed by atoms with Gasteiger partial charge >= 0.3 is 0 Å². The number of likely N-dealkylation sites (tertiary alicyclic amines) is 1. The van der Waals surface area contributed by atoms with Gasteiger partial charge in [0.15, 0.2) is 5.69 Å². The van der Waals surface area contributed by atoms with Gasteiger partial charge in [-0.05, 0) is 56.0 Å². The van der Waals surface area contributed by atoms with Crippen LogP contribution in [0.3, 0.4) is 0 Å². The van der Waals surface area contributed by atoms with E-state index in [0.717, 1.165) is 28.9 Å². The molecule has 1 aliphatic heterocycles. The van der Waals surface area contributed by atoms with Crippen LogP contribution in [-0.4, -0.2) is 44.9 Å². The highest BCUT2D eigenvalue weighted by atomic mass is 35.5. The Labute approximate surface area is 177 Å². The summed E-state index contributed by atoms with van der Waals surface area (Å²) < 4.78 is 1.73. The highest BCUT2D eigenvalue weighted by Gasteiger charge is 2.34. The van der Waals surface area contributed by atoms with Gasteiger partial charge in [-0.15, -0.1) is 17.5 Å². The number of hydrogen-bond acceptors (Lipinski definition) is 4. The average Bonchev–Trinajstić information content (AvgIpc) is 3.31. The largest absolute Gasteiger partial charge is 0.334 e. The fraction of sp³-hybridized carbons (Fsp3) is 0.318. The molecule has 2 aromatic carbocycles. The lowest BCUT2D eigenvalue weighted by molar-refractivity contribution is 0.0736. The molecular formula is C22H26ClN5O. The lowest BCUT2D eigenvalue weighted by Crippen LogP contribution is -2.35. The fourth-order valence-corrected chi connectivity index (χ4v) is 3.93. The first-order valence-electron chi connectivity index (χ1n) is 9.67. The Morgan fingerprint density at radius 1 is 1.10 bits per heavy atom. The number of carbonyl (C=O) groups excluding carboxylic acids is 1. The minimum Gasteiger partial charge on any atom is -0.334 e. The van der Waals surface area contributed by atoms with Gasteiger partial charge in [0.25, 0.3) is 5.91 Å². The zero-order chi connectivity index (χ0) is 19.7. The summed E-state index contributed by atoms with van der Waals surface area (Å²) >= 11 is 0. The van der Waals surface area contributed by atoms with Crippen molar-refractivity contribution in [2.75, 3.05) is 13.1 Å². The van der Waals surface area contributed by atoms with Gasteiger partial charge in [0.2, 0.25) is 0 Å². The van der Waals surface area contributed by atoms with Crippen molar-refractivity contribution >= 4 is 18.3 Å². The minimum absolute atomic E-state index is 0. The quantitative estimate of drug-likeness (QED) is 0.713. The van der Waals surface area contributed by atoms with Crippen LogP contribution in [-0.2, 0) is 0 Å². The number of nitrogens with zero attached hydrogens (tertiary/aromatic N) is 4. The van der Waals surface area contributed by atoms with Crippen LogP contribution >= 0.6 is 12.4 Å². The van der Waals surface area contributed by atoms with Gasteiger partial charge in [-0.25, -0.2) is 4.68 Å². The van der Waals surface area contributed by atoms with Crippen molar-refractivity contribution < 1.29 is 4.79 Å². The number of aromatic nitrogens is 3. The van der Waals surface area contributed by atoms with E-state index in [-0.39, 0.29) is 24.4 Å². The maximum Gasteiger partial charge on any atom is 0.276 e. The molecule has 152 valence electrons. The molecule has 1 aliphatic rings. The Morgan fingerprint density at radius 3 is 2.38 bits per heavy atom. The predicted molar refractivity (Wildman–Crippen MR) is 116 cm³/mol. The first-order valence-corrected chi connectivity index (χ1v) is 9.67. The molecule has 1 fully saturated rings. The summed E-state index contributed by atoms with van der Waals surface area (Å²) in [7, 11) is 0. The molecule has 0 aliphatic carbocycles. The molecule has 4 rings (SSSR count). The van der Waals surface area contributed by atoms with Gasteiger partial charge in [-0.1, -0.05) is 47.7 Å². The van der Waals surface area contributed by atoms with Crippen LogP contribution in [0.4, 0.5) is 0 Å². The van der Waals surface area contributed by atoms with E-state index in [0.29, 0.717) is 24.7 Å². The Morgan fingerprint density at radius 2 is 1.76 bits per heavy atom. The summed E-state index contributed by atoms with van der Waals surface area (Å²) in [5.41, 5.74) is 10.1. The molecule has 0 bridgehead atoms. The molecule has 0 saturated carbocycles. The first kappa shape index (κ1) is 21.0. The summed E-state index contributed by atoms with van der Waals surface area (Å²) in [5, 5.41) is 8.43. The van der Waals surface area contributed by atoms with Crippen LogP contribution in [0.15, 0.2) is 54.6 Å². The van der Waals surface area contributed by atoms with E-state index in [9.17, 15) is 4.79 Å². The molecule has 2 unspecified atom stereocenters. The standard InChI is InChI=1S/C22H25N5O.ClH/c1-15-12-17(13-23)14-26(15)22(28)21-16(2)27(25-24-21)20-10-8-19(9-11-20)18-6-4-3-5-7-18;/h3-11,15,17H,12-14,23H2,1-2H3;1H. The number of rotatable bonds is 4. The topological polar surface area (TPSA) is 77.0 Å². The van der Waals surface area contributed by atoms with Gasteiger partial charge in [-0.3, -0.25) is 4.79 Å². The second-order valence-electron chi connectivity index (χ2n) is 7.49. The summed E-state index contributed by atoms with van der Waals surface area (Å²) in [6, 6.07) is 18.5. The second-order valence-corrected chi connectivity index (χ2v) is 7.49. The second kappa shape index (κ2) is 8.76. The molecule has 2 heterocycles. The monoisotopic (exact) mass is 411 g/mol. The third-order valence-electron chi connectivity index (χ3n) is 5.57. The maximum atomic E-state index is 13.0. The lowest BCUT2D eigenvalue weighted by atomic mass is 10.1. The molecule has 0 spiro atoms. The first-order chi connectivity index (χ1) is 13.6. The molecular weight excluding hydrogens is 386 g/mol. The third-order valence-corrected chi connectivity index (χ3v) is 5.57. The molecule has 2 N–H and O–H groups in total. The molecule has 29 heavy (non-hydrogen) atoms. The number of amides is 1. The van der Waals surface area contributed by atoms with E-state index >= 15 is 0 Å². The fourth-order valence-electron chi connectivity index (χ4n) is 3.93. The molecule has 1 aromatic heterocycles. The van der Waals surface area contributed by atoms with Gasteiger partial charge in [0.1, 0.15) is 0 Å². The zero-order valence-electron chi connectivity index (χ0n) is 16.7. The summed E-state index contributed by atoms with van der Waals surface area (Å²) in [6.07, 6.45) is 0.941. The van der Waals surface area contributed by atoms with E-state index in [2.05, 4.69) is 41.5 Å². The lowest BCUT2D eigenvalue weighted by Gasteiger charge is -2.20. The van der Waals surface area contributed by atoms with E-state index < -0.39 is 0 Å². The summed E-state index contributed by atoms with van der Waals surface area (Å²) in [5.74, 6) is 0.299. The average molecular weight is 412 g/mol. The van der Waals surface area contributed by atoms with Crippen molar-refractivity contribution in [2.45, 2.75) is 26.3 Å². The Balaban J connectivity index is 0.00000240. The van der Waals surface area contributed by atoms with Gasteiger partial charge in [0.05, 0.1) is 11.4 Å². The highest BCUT2D eigenvalue weighted by Crippen LogP contribution is 2.25. The van der Waals surface area contributed by atoms with Crippen molar-refractivity contribution in [1.29, 1.82) is 0 Å². The predicted octanol–water partition coefficient (Wildman–Crippen LogP) is 3.47. The number of hydrogen-bond donors (Lipinski definition) is 1. The Hall–Kier alpha value is -2.70. The molecule has 0 radical (unpaired) electrons. The SMILES string of the molecule is Cc1c(C(=O)N2CC(CN)CC2C)nnn1-c1ccc(-c2ccccc2)cc1.Cl. The number of halogens is 1. The van der Waals surface area contributed by atoms with Crippen LogP contribution in [0.2, 0.25) is 0 Å². The van der Waals surface area contributed by atoms with Gasteiger partial charge < -0.3 is 10.6 Å². The normalized spacial score (nSPS) is 18.5. The van der Waals surface area contributed by atoms with E-state index in [4.69, 9.17) is 5.73 Å². The van der Waals surface area contributed by atoms with Crippen LogP contribution < -0.4 is 5.73 Å². The minimum atomic E-state index is -0.0619. The Kier molecular flexibility index (Phi) is 6.35. The molecule has 2 atom stereocenters. The highest BCUT2D eigenvalue weighted by molar-refractivity contribution is 5.93. The van der Waals surface area contributed by atoms with Gasteiger partial charge in [0, 0.05) is 12.6 Å². The van der Waals surface area contributed by atoms with E-state index in [1.165, 1.54) is 0 Å². The Bertz CT molecular complexity index is 971. The summed E-state index contributed by atoms with van der Waals surface area (Å²) in [4.78, 5) is 14.9. The number of carbonyl (C=O) groups is 1. The van der Waals surface area contributed by atoms with Crippen molar-refractivity contribution in [1.82, 2.24) is 19.9 Å². The van der Waals surface area contributed by atoms with E-state index in [1.54, 1.807) is 4.68 Å².